The molecule has 0 unspecified atom stereocenters. The second-order valence-electron chi connectivity index (χ2n) is 10.7. The van der Waals surface area contributed by atoms with Crippen LogP contribution in [-0.4, -0.2) is 64.8 Å². The average Bonchev–Trinajstić information content (AvgIpc) is 3.58. The van der Waals surface area contributed by atoms with Crippen LogP contribution in [0.25, 0.3) is 55.0 Å². The molecule has 204 valence electrons. The molecule has 4 aromatic carbocycles. The van der Waals surface area contributed by atoms with Crippen molar-refractivity contribution in [2.24, 2.45) is 5.73 Å². The Morgan fingerprint density at radius 3 is 2.29 bits per heavy atom. The number of halogens is 1. The predicted octanol–water partition coefficient (Wildman–Crippen LogP) is 5.76. The quantitative estimate of drug-likeness (QED) is 0.263. The van der Waals surface area contributed by atoms with E-state index in [-0.39, 0.29) is 11.7 Å². The third-order valence-corrected chi connectivity index (χ3v) is 8.21. The van der Waals surface area contributed by atoms with Crippen LogP contribution < -0.4 is 5.73 Å². The van der Waals surface area contributed by atoms with Crippen LogP contribution in [-0.2, 0) is 0 Å². The smallest absolute Gasteiger partial charge is 0.254 e. The van der Waals surface area contributed by atoms with Crippen molar-refractivity contribution < 1.29 is 14.0 Å². The van der Waals surface area contributed by atoms with Crippen LogP contribution in [0.3, 0.4) is 0 Å². The van der Waals surface area contributed by atoms with Gasteiger partial charge in [0.15, 0.2) is 0 Å². The van der Waals surface area contributed by atoms with Gasteiger partial charge in [0, 0.05) is 70.7 Å². The van der Waals surface area contributed by atoms with Gasteiger partial charge >= 0.3 is 0 Å². The maximum atomic E-state index is 13.4. The maximum absolute atomic E-state index is 13.4. The highest BCUT2D eigenvalue weighted by Crippen LogP contribution is 2.40. The van der Waals surface area contributed by atoms with E-state index in [2.05, 4.69) is 28.0 Å². The molecule has 2 aromatic heterocycles. The van der Waals surface area contributed by atoms with E-state index in [9.17, 15) is 14.0 Å². The van der Waals surface area contributed by atoms with Crippen molar-refractivity contribution in [3.05, 3.63) is 95.9 Å². The predicted molar refractivity (Wildman–Crippen MR) is 160 cm³/mol. The lowest BCUT2D eigenvalue weighted by Crippen LogP contribution is -2.47. The Hall–Kier alpha value is -4.95. The van der Waals surface area contributed by atoms with E-state index >= 15 is 0 Å². The highest BCUT2D eigenvalue weighted by atomic mass is 19.1. The number of fused-ring (bicyclic) bond motifs is 4. The number of nitrogens with zero attached hydrogens (tertiary/aromatic N) is 2. The van der Waals surface area contributed by atoms with Gasteiger partial charge in [-0.1, -0.05) is 36.4 Å². The number of nitrogens with one attached hydrogen (secondary N) is 2. The normalized spacial score (nSPS) is 14.3. The van der Waals surface area contributed by atoms with Crippen LogP contribution in [0.4, 0.5) is 4.39 Å². The van der Waals surface area contributed by atoms with Gasteiger partial charge in [0.25, 0.3) is 11.8 Å². The Morgan fingerprint density at radius 1 is 0.805 bits per heavy atom. The van der Waals surface area contributed by atoms with E-state index in [1.807, 2.05) is 47.5 Å². The van der Waals surface area contributed by atoms with Crippen LogP contribution in [0.2, 0.25) is 0 Å². The SMILES string of the molecule is CN1CCN(C(=O)c2ccc3c(c2)[nH]c2c(C(N)=O)ccc(-c4c[nH]c5cc(-c6ccc(F)cc6)ccc45)c23)CC1. The summed E-state index contributed by atoms with van der Waals surface area (Å²) in [7, 11) is 2.06. The average molecular weight is 546 g/mol. The summed E-state index contributed by atoms with van der Waals surface area (Å²) in [5.41, 5.74) is 13.0. The molecule has 6 aromatic rings. The monoisotopic (exact) mass is 545 g/mol. The molecule has 0 spiro atoms. The van der Waals surface area contributed by atoms with Crippen molar-refractivity contribution >= 4 is 44.5 Å². The number of carbonyl (C=O) groups excluding carboxylic acids is 2. The molecule has 7 rings (SSSR count). The van der Waals surface area contributed by atoms with Gasteiger partial charge in [-0.25, -0.2) is 4.39 Å². The molecule has 0 radical (unpaired) electrons. The fourth-order valence-corrected chi connectivity index (χ4v) is 5.94. The molecular formula is C33H28FN5O2. The lowest BCUT2D eigenvalue weighted by molar-refractivity contribution is 0.0664. The van der Waals surface area contributed by atoms with Gasteiger partial charge in [0.05, 0.1) is 11.1 Å². The first kappa shape index (κ1) is 25.0. The highest BCUT2D eigenvalue weighted by Gasteiger charge is 2.23. The minimum atomic E-state index is -0.523. The van der Waals surface area contributed by atoms with Gasteiger partial charge in [-0.2, -0.15) is 0 Å². The maximum Gasteiger partial charge on any atom is 0.254 e. The lowest BCUT2D eigenvalue weighted by atomic mass is 9.95. The van der Waals surface area contributed by atoms with Gasteiger partial charge in [0.1, 0.15) is 5.82 Å². The summed E-state index contributed by atoms with van der Waals surface area (Å²) in [6.45, 7) is 3.09. The largest absolute Gasteiger partial charge is 0.366 e. The Bertz CT molecular complexity index is 1980. The Labute approximate surface area is 235 Å². The second kappa shape index (κ2) is 9.60. The van der Waals surface area contributed by atoms with Crippen molar-refractivity contribution in [2.75, 3.05) is 33.2 Å². The van der Waals surface area contributed by atoms with Crippen LogP contribution in [0.1, 0.15) is 20.7 Å². The zero-order valence-electron chi connectivity index (χ0n) is 22.5. The summed E-state index contributed by atoms with van der Waals surface area (Å²) in [6, 6.07) is 21.9. The summed E-state index contributed by atoms with van der Waals surface area (Å²) in [5.74, 6) is -0.790. The summed E-state index contributed by atoms with van der Waals surface area (Å²) >= 11 is 0. The molecule has 1 fully saturated rings. The minimum absolute atomic E-state index is 0.00240. The Balaban J connectivity index is 1.35. The van der Waals surface area contributed by atoms with E-state index in [1.54, 1.807) is 18.2 Å². The third kappa shape index (κ3) is 4.24. The lowest BCUT2D eigenvalue weighted by Gasteiger charge is -2.32. The van der Waals surface area contributed by atoms with E-state index in [0.717, 1.165) is 62.5 Å². The number of carbonyl (C=O) groups is 2. The number of piperazine rings is 1. The first-order chi connectivity index (χ1) is 19.9. The summed E-state index contributed by atoms with van der Waals surface area (Å²) < 4.78 is 13.4. The van der Waals surface area contributed by atoms with Crippen molar-refractivity contribution in [1.29, 1.82) is 0 Å². The number of primary amides is 1. The molecule has 3 heterocycles. The van der Waals surface area contributed by atoms with Gasteiger partial charge in [-0.05, 0) is 60.1 Å². The van der Waals surface area contributed by atoms with Crippen molar-refractivity contribution in [1.82, 2.24) is 19.8 Å². The molecule has 4 N–H and O–H groups in total. The van der Waals surface area contributed by atoms with Gasteiger partial charge in [-0.3, -0.25) is 9.59 Å². The number of aromatic nitrogens is 2. The molecule has 2 amide bonds. The number of hydrogen-bond acceptors (Lipinski definition) is 3. The fraction of sp³-hybridized carbons (Fsp3) is 0.152. The fourth-order valence-electron chi connectivity index (χ4n) is 5.94. The molecule has 0 saturated carbocycles. The highest BCUT2D eigenvalue weighted by molar-refractivity contribution is 6.22. The zero-order valence-corrected chi connectivity index (χ0v) is 22.5. The third-order valence-electron chi connectivity index (χ3n) is 8.21. The first-order valence-corrected chi connectivity index (χ1v) is 13.6. The number of H-pyrrole nitrogens is 2. The number of hydrogen-bond donors (Lipinski definition) is 3. The van der Waals surface area contributed by atoms with Crippen LogP contribution in [0, 0.1) is 5.82 Å². The number of rotatable bonds is 4. The van der Waals surface area contributed by atoms with Crippen molar-refractivity contribution in [3.8, 4) is 22.3 Å². The van der Waals surface area contributed by atoms with Crippen LogP contribution >= 0.6 is 0 Å². The molecule has 0 atom stereocenters. The van der Waals surface area contributed by atoms with E-state index in [4.69, 9.17) is 5.73 Å². The number of aromatic amines is 2. The molecule has 7 nitrogen and oxygen atoms in total. The zero-order chi connectivity index (χ0) is 28.2. The van der Waals surface area contributed by atoms with E-state index in [1.165, 1.54) is 12.1 Å². The molecule has 0 bridgehead atoms. The standard InChI is InChI=1S/C33H28FN5O2/c1-38-12-14-39(15-13-38)33(41)21-5-9-25-29(17-21)37-31-26(32(35)40)11-10-24(30(25)31)27-18-36-28-16-20(4-8-23(27)28)19-2-6-22(34)7-3-19/h2-11,16-18,36-37H,12-15H2,1H3,(H2,35,40). The molecule has 1 saturated heterocycles. The topological polar surface area (TPSA) is 98.2 Å². The second-order valence-corrected chi connectivity index (χ2v) is 10.7. The van der Waals surface area contributed by atoms with E-state index < -0.39 is 5.91 Å². The van der Waals surface area contributed by atoms with Crippen molar-refractivity contribution in [3.63, 3.8) is 0 Å². The van der Waals surface area contributed by atoms with Crippen LogP contribution in [0.15, 0.2) is 79.0 Å². The van der Waals surface area contributed by atoms with Crippen LogP contribution in [0.5, 0.6) is 0 Å². The molecule has 8 heteroatoms. The molecule has 1 aliphatic rings. The number of benzene rings is 4. The van der Waals surface area contributed by atoms with Gasteiger partial charge in [0.2, 0.25) is 0 Å². The first-order valence-electron chi connectivity index (χ1n) is 13.6. The minimum Gasteiger partial charge on any atom is -0.366 e. The number of nitrogens with two attached hydrogens (primary N) is 1. The summed E-state index contributed by atoms with van der Waals surface area (Å²) in [4.78, 5) is 36.6. The molecule has 0 aliphatic carbocycles. The van der Waals surface area contributed by atoms with E-state index in [0.29, 0.717) is 29.7 Å². The molecular weight excluding hydrogens is 517 g/mol. The Morgan fingerprint density at radius 2 is 1.54 bits per heavy atom. The number of amides is 2. The van der Waals surface area contributed by atoms with Gasteiger partial charge in [-0.15, -0.1) is 0 Å². The molecule has 41 heavy (non-hydrogen) atoms. The van der Waals surface area contributed by atoms with Gasteiger partial charge < -0.3 is 25.5 Å². The van der Waals surface area contributed by atoms with Crippen molar-refractivity contribution in [2.45, 2.75) is 0 Å². The number of likely N-dealkylation sites (N-methyl/N-ethyl adjacent to an activating group) is 1. The summed E-state index contributed by atoms with van der Waals surface area (Å²) in [5, 5.41) is 2.80. The Kier molecular flexibility index (Phi) is 5.87. The molecule has 1 aliphatic heterocycles. The summed E-state index contributed by atoms with van der Waals surface area (Å²) in [6.07, 6.45) is 1.96.